The number of halogens is 1. The zero-order chi connectivity index (χ0) is 12.8. The molecule has 0 heterocycles. The van der Waals surface area contributed by atoms with Gasteiger partial charge in [0, 0.05) is 6.54 Å². The van der Waals surface area contributed by atoms with Crippen molar-refractivity contribution in [1.29, 1.82) is 0 Å². The highest BCUT2D eigenvalue weighted by molar-refractivity contribution is 5.89. The van der Waals surface area contributed by atoms with Gasteiger partial charge in [-0.2, -0.15) is 0 Å². The van der Waals surface area contributed by atoms with E-state index in [1.54, 1.807) is 0 Å². The van der Waals surface area contributed by atoms with Gasteiger partial charge in [0.1, 0.15) is 0 Å². The third kappa shape index (κ3) is 3.48. The maximum atomic E-state index is 12.4. The van der Waals surface area contributed by atoms with E-state index in [2.05, 4.69) is 17.4 Å². The van der Waals surface area contributed by atoms with E-state index in [1.807, 2.05) is 18.2 Å². The lowest BCUT2D eigenvalue weighted by atomic mass is 9.64. The Labute approximate surface area is 121 Å². The minimum atomic E-state index is -0.260. The van der Waals surface area contributed by atoms with Crippen molar-refractivity contribution >= 4 is 18.3 Å². The van der Waals surface area contributed by atoms with Crippen LogP contribution in [0.5, 0.6) is 0 Å². The van der Waals surface area contributed by atoms with Gasteiger partial charge in [0.05, 0.1) is 5.41 Å². The molecule has 1 aromatic carbocycles. The Morgan fingerprint density at radius 3 is 2.42 bits per heavy atom. The molecular weight excluding hydrogens is 260 g/mol. The molecule has 0 bridgehead atoms. The van der Waals surface area contributed by atoms with Crippen molar-refractivity contribution in [1.82, 2.24) is 5.32 Å². The Hall–Kier alpha value is -1.06. The maximum Gasteiger partial charge on any atom is 0.230 e. The summed E-state index contributed by atoms with van der Waals surface area (Å²) in [5.41, 5.74) is 6.35. The van der Waals surface area contributed by atoms with Gasteiger partial charge in [-0.15, -0.1) is 12.4 Å². The number of rotatable bonds is 6. The number of carbonyl (C=O) groups is 1. The van der Waals surface area contributed by atoms with Crippen molar-refractivity contribution in [2.45, 2.75) is 37.5 Å². The highest BCUT2D eigenvalue weighted by Crippen LogP contribution is 2.43. The van der Waals surface area contributed by atoms with E-state index < -0.39 is 0 Å². The average Bonchev–Trinajstić information content (AvgIpc) is 2.35. The first-order valence-corrected chi connectivity index (χ1v) is 6.83. The first kappa shape index (κ1) is 16.0. The number of hydrogen-bond donors (Lipinski definition) is 2. The summed E-state index contributed by atoms with van der Waals surface area (Å²) in [7, 11) is 0. The summed E-state index contributed by atoms with van der Waals surface area (Å²) in [6, 6.07) is 10.2. The van der Waals surface area contributed by atoms with Gasteiger partial charge in [-0.25, -0.2) is 0 Å². The normalized spacial score (nSPS) is 16.1. The van der Waals surface area contributed by atoms with Crippen molar-refractivity contribution in [3.05, 3.63) is 35.9 Å². The zero-order valence-corrected chi connectivity index (χ0v) is 12.0. The van der Waals surface area contributed by atoms with Crippen LogP contribution in [-0.2, 0) is 10.2 Å². The molecule has 3 N–H and O–H groups in total. The van der Waals surface area contributed by atoms with Gasteiger partial charge in [0.2, 0.25) is 5.91 Å². The van der Waals surface area contributed by atoms with Crippen LogP contribution in [0.1, 0.15) is 37.7 Å². The van der Waals surface area contributed by atoms with Crippen molar-refractivity contribution in [2.75, 3.05) is 13.1 Å². The highest BCUT2D eigenvalue weighted by atomic mass is 35.5. The van der Waals surface area contributed by atoms with Gasteiger partial charge in [0.15, 0.2) is 0 Å². The van der Waals surface area contributed by atoms with Crippen LogP contribution in [0.2, 0.25) is 0 Å². The molecule has 106 valence electrons. The van der Waals surface area contributed by atoms with Crippen LogP contribution in [-0.4, -0.2) is 19.0 Å². The molecule has 3 nitrogen and oxygen atoms in total. The second-order valence-electron chi connectivity index (χ2n) is 5.05. The Morgan fingerprint density at radius 1 is 1.21 bits per heavy atom. The molecule has 0 saturated heterocycles. The predicted octanol–water partition coefficient (Wildman–Crippen LogP) is 2.39. The van der Waals surface area contributed by atoms with Crippen LogP contribution in [0.25, 0.3) is 0 Å². The molecule has 0 atom stereocenters. The molecule has 1 aromatic rings. The highest BCUT2D eigenvalue weighted by Gasteiger charge is 2.45. The standard InChI is InChI=1S/C15H22N2O.ClH/c16-11-4-5-12-17-14(18)15(9-6-10-15)13-7-2-1-3-8-13;/h1-3,7-8H,4-6,9-12,16H2,(H,17,18);1H. The molecule has 1 fully saturated rings. The molecule has 0 spiro atoms. The third-order valence-corrected chi connectivity index (χ3v) is 3.88. The van der Waals surface area contributed by atoms with E-state index in [9.17, 15) is 4.79 Å². The summed E-state index contributed by atoms with van der Waals surface area (Å²) in [6.45, 7) is 1.43. The van der Waals surface area contributed by atoms with Crippen LogP contribution in [0.4, 0.5) is 0 Å². The number of hydrogen-bond acceptors (Lipinski definition) is 2. The van der Waals surface area contributed by atoms with Gasteiger partial charge in [-0.05, 0) is 37.8 Å². The van der Waals surface area contributed by atoms with E-state index in [0.29, 0.717) is 6.54 Å². The van der Waals surface area contributed by atoms with Crippen molar-refractivity contribution < 1.29 is 4.79 Å². The fourth-order valence-corrected chi connectivity index (χ4v) is 2.57. The summed E-state index contributed by atoms with van der Waals surface area (Å²) in [4.78, 5) is 12.4. The fourth-order valence-electron chi connectivity index (χ4n) is 2.57. The largest absolute Gasteiger partial charge is 0.355 e. The van der Waals surface area contributed by atoms with Crippen molar-refractivity contribution in [3.8, 4) is 0 Å². The molecule has 0 aromatic heterocycles. The van der Waals surface area contributed by atoms with Gasteiger partial charge in [-0.1, -0.05) is 36.8 Å². The number of carbonyl (C=O) groups excluding carboxylic acids is 1. The SMILES string of the molecule is Cl.NCCCCNC(=O)C1(c2ccccc2)CCC1. The molecule has 19 heavy (non-hydrogen) atoms. The van der Waals surface area contributed by atoms with Crippen LogP contribution in [0.15, 0.2) is 30.3 Å². The van der Waals surface area contributed by atoms with E-state index in [-0.39, 0.29) is 23.7 Å². The lowest BCUT2D eigenvalue weighted by molar-refractivity contribution is -0.129. The van der Waals surface area contributed by atoms with Crippen molar-refractivity contribution in [2.24, 2.45) is 5.73 Å². The van der Waals surface area contributed by atoms with E-state index in [4.69, 9.17) is 5.73 Å². The molecule has 1 amide bonds. The van der Waals surface area contributed by atoms with Gasteiger partial charge >= 0.3 is 0 Å². The number of unbranched alkanes of at least 4 members (excludes halogenated alkanes) is 1. The smallest absolute Gasteiger partial charge is 0.230 e. The Bertz CT molecular complexity index is 390. The molecule has 1 aliphatic rings. The quantitative estimate of drug-likeness (QED) is 0.787. The Balaban J connectivity index is 0.00000180. The molecule has 0 aliphatic heterocycles. The molecule has 0 unspecified atom stereocenters. The zero-order valence-electron chi connectivity index (χ0n) is 11.2. The summed E-state index contributed by atoms with van der Waals surface area (Å²) < 4.78 is 0. The second kappa shape index (κ2) is 7.51. The van der Waals surface area contributed by atoms with Crippen molar-refractivity contribution in [3.63, 3.8) is 0 Å². The minimum Gasteiger partial charge on any atom is -0.355 e. The fraction of sp³-hybridized carbons (Fsp3) is 0.533. The maximum absolute atomic E-state index is 12.4. The van der Waals surface area contributed by atoms with E-state index in [1.165, 1.54) is 0 Å². The number of benzene rings is 1. The van der Waals surface area contributed by atoms with Gasteiger partial charge in [-0.3, -0.25) is 4.79 Å². The summed E-state index contributed by atoms with van der Waals surface area (Å²) in [5.74, 6) is 0.192. The molecule has 2 rings (SSSR count). The number of amides is 1. The third-order valence-electron chi connectivity index (χ3n) is 3.88. The molecule has 1 saturated carbocycles. The predicted molar refractivity (Wildman–Crippen MR) is 80.5 cm³/mol. The number of nitrogens with two attached hydrogens (primary N) is 1. The monoisotopic (exact) mass is 282 g/mol. The second-order valence-corrected chi connectivity index (χ2v) is 5.05. The molecule has 0 radical (unpaired) electrons. The van der Waals surface area contributed by atoms with Gasteiger partial charge in [0.25, 0.3) is 0 Å². The van der Waals surface area contributed by atoms with E-state index >= 15 is 0 Å². The first-order valence-electron chi connectivity index (χ1n) is 6.83. The topological polar surface area (TPSA) is 55.1 Å². The lowest BCUT2D eigenvalue weighted by Gasteiger charge is -2.40. The summed E-state index contributed by atoms with van der Waals surface area (Å²) >= 11 is 0. The Kier molecular flexibility index (Phi) is 6.32. The number of nitrogens with one attached hydrogen (secondary N) is 1. The van der Waals surface area contributed by atoms with Gasteiger partial charge < -0.3 is 11.1 Å². The van der Waals surface area contributed by atoms with Crippen LogP contribution in [0.3, 0.4) is 0 Å². The minimum absolute atomic E-state index is 0. The molecular formula is C15H23ClN2O. The summed E-state index contributed by atoms with van der Waals surface area (Å²) in [5, 5.41) is 3.06. The lowest BCUT2D eigenvalue weighted by Crippen LogP contribution is -2.49. The van der Waals surface area contributed by atoms with Crippen LogP contribution in [0, 0.1) is 0 Å². The molecule has 1 aliphatic carbocycles. The first-order chi connectivity index (χ1) is 8.79. The Morgan fingerprint density at radius 2 is 1.89 bits per heavy atom. The van der Waals surface area contributed by atoms with Crippen LogP contribution < -0.4 is 11.1 Å². The van der Waals surface area contributed by atoms with E-state index in [0.717, 1.165) is 44.2 Å². The van der Waals surface area contributed by atoms with Crippen LogP contribution >= 0.6 is 12.4 Å². The average molecular weight is 283 g/mol. The summed E-state index contributed by atoms with van der Waals surface area (Å²) in [6.07, 6.45) is 5.02. The molecule has 4 heteroatoms.